The topological polar surface area (TPSA) is 93.7 Å². The van der Waals surface area contributed by atoms with Crippen molar-refractivity contribution in [2.75, 3.05) is 0 Å². The molecule has 5 heteroatoms. The van der Waals surface area contributed by atoms with Crippen LogP contribution in [-0.4, -0.2) is 39.7 Å². The highest BCUT2D eigenvalue weighted by Crippen LogP contribution is 2.34. The number of nitriles is 1. The molecule has 2 aromatic carbocycles. The highest BCUT2D eigenvalue weighted by Gasteiger charge is 2.44. The lowest BCUT2D eigenvalue weighted by Crippen LogP contribution is -2.54. The molecule has 0 spiro atoms. The van der Waals surface area contributed by atoms with Crippen LogP contribution in [0.25, 0.3) is 0 Å². The summed E-state index contributed by atoms with van der Waals surface area (Å²) in [5, 5.41) is 39.6. The normalized spacial score (nSPS) is 27.0. The standard InChI is InChI=1S/C23H23NO4/c1-3-15-5-7-16(8-6-15)12-18-13-17(9-4-14(18)2)23-22(27)21(26)20(25)19(28-23)10-11-24/h1,4-9,13,19-23,25-27H,10,12H2,2H3/t19-,20-,21+,22-,23+/m1/s1. The van der Waals surface area contributed by atoms with E-state index in [1.807, 2.05) is 55.5 Å². The van der Waals surface area contributed by atoms with Crippen LogP contribution < -0.4 is 0 Å². The van der Waals surface area contributed by atoms with Gasteiger partial charge in [0, 0.05) is 5.56 Å². The molecule has 1 saturated heterocycles. The number of ether oxygens (including phenoxy) is 1. The zero-order valence-electron chi connectivity index (χ0n) is 15.6. The average molecular weight is 377 g/mol. The van der Waals surface area contributed by atoms with E-state index >= 15 is 0 Å². The van der Waals surface area contributed by atoms with Crippen molar-refractivity contribution in [3.63, 3.8) is 0 Å². The maximum atomic E-state index is 10.4. The summed E-state index contributed by atoms with van der Waals surface area (Å²) in [4.78, 5) is 0. The van der Waals surface area contributed by atoms with Gasteiger partial charge in [0.05, 0.1) is 18.6 Å². The molecule has 0 unspecified atom stereocenters. The van der Waals surface area contributed by atoms with Gasteiger partial charge in [-0.25, -0.2) is 0 Å². The Labute approximate surface area is 164 Å². The smallest absolute Gasteiger partial charge is 0.113 e. The molecule has 2 aromatic rings. The second-order valence-corrected chi connectivity index (χ2v) is 7.13. The minimum absolute atomic E-state index is 0.0678. The summed E-state index contributed by atoms with van der Waals surface area (Å²) in [6.45, 7) is 2.00. The molecule has 0 radical (unpaired) electrons. The van der Waals surface area contributed by atoms with Crippen LogP contribution in [0.4, 0.5) is 0 Å². The lowest BCUT2D eigenvalue weighted by molar-refractivity contribution is -0.223. The van der Waals surface area contributed by atoms with Gasteiger partial charge in [-0.05, 0) is 47.7 Å². The van der Waals surface area contributed by atoms with Crippen LogP contribution in [0.3, 0.4) is 0 Å². The van der Waals surface area contributed by atoms with E-state index in [4.69, 9.17) is 16.4 Å². The number of aliphatic hydroxyl groups is 3. The van der Waals surface area contributed by atoms with Crippen LogP contribution in [0.2, 0.25) is 0 Å². The molecule has 1 heterocycles. The van der Waals surface area contributed by atoms with Gasteiger partial charge in [0.2, 0.25) is 0 Å². The van der Waals surface area contributed by atoms with E-state index in [0.717, 1.165) is 22.3 Å². The number of hydrogen-bond acceptors (Lipinski definition) is 5. The minimum atomic E-state index is -1.38. The molecule has 1 fully saturated rings. The zero-order chi connectivity index (χ0) is 20.3. The van der Waals surface area contributed by atoms with E-state index in [-0.39, 0.29) is 6.42 Å². The molecule has 1 aliphatic heterocycles. The Bertz CT molecular complexity index is 910. The lowest BCUT2D eigenvalue weighted by Gasteiger charge is -2.40. The van der Waals surface area contributed by atoms with Gasteiger partial charge in [-0.1, -0.05) is 36.3 Å². The summed E-state index contributed by atoms with van der Waals surface area (Å²) in [5.41, 5.74) is 4.76. The molecule has 5 nitrogen and oxygen atoms in total. The summed E-state index contributed by atoms with van der Waals surface area (Å²) in [5.74, 6) is 2.60. The summed E-state index contributed by atoms with van der Waals surface area (Å²) in [6, 6.07) is 15.4. The molecule has 144 valence electrons. The monoisotopic (exact) mass is 377 g/mol. The fourth-order valence-electron chi connectivity index (χ4n) is 3.48. The molecular formula is C23H23NO4. The molecular weight excluding hydrogens is 354 g/mol. The largest absolute Gasteiger partial charge is 0.388 e. The predicted molar refractivity (Wildman–Crippen MR) is 104 cm³/mol. The van der Waals surface area contributed by atoms with Gasteiger partial charge in [0.15, 0.2) is 0 Å². The number of benzene rings is 2. The first-order chi connectivity index (χ1) is 13.4. The number of terminal acetylenes is 1. The van der Waals surface area contributed by atoms with Gasteiger partial charge in [-0.2, -0.15) is 5.26 Å². The molecule has 1 aliphatic rings. The quantitative estimate of drug-likeness (QED) is 0.709. The molecule has 28 heavy (non-hydrogen) atoms. The van der Waals surface area contributed by atoms with E-state index in [2.05, 4.69) is 5.92 Å². The van der Waals surface area contributed by atoms with E-state index in [1.54, 1.807) is 0 Å². The Balaban J connectivity index is 1.87. The summed E-state index contributed by atoms with van der Waals surface area (Å²) in [7, 11) is 0. The number of rotatable bonds is 4. The molecule has 5 atom stereocenters. The first kappa shape index (κ1) is 20.1. The van der Waals surface area contributed by atoms with Crippen LogP contribution in [0.1, 0.15) is 40.3 Å². The molecule has 0 aromatic heterocycles. The number of aryl methyl sites for hydroxylation is 1. The molecule has 0 saturated carbocycles. The van der Waals surface area contributed by atoms with E-state index in [0.29, 0.717) is 12.0 Å². The van der Waals surface area contributed by atoms with Crippen molar-refractivity contribution < 1.29 is 20.1 Å². The fraction of sp³-hybridized carbons (Fsp3) is 0.348. The Hall–Kier alpha value is -2.67. The second-order valence-electron chi connectivity index (χ2n) is 7.13. The van der Waals surface area contributed by atoms with Crippen molar-refractivity contribution >= 4 is 0 Å². The van der Waals surface area contributed by atoms with Gasteiger partial charge in [-0.15, -0.1) is 6.42 Å². The van der Waals surface area contributed by atoms with Crippen molar-refractivity contribution in [3.05, 3.63) is 70.3 Å². The molecule has 3 rings (SSSR count). The Morgan fingerprint density at radius 3 is 2.39 bits per heavy atom. The number of aliphatic hydroxyl groups excluding tert-OH is 3. The summed E-state index contributed by atoms with van der Waals surface area (Å²) >= 11 is 0. The predicted octanol–water partition coefficient (Wildman–Crippen LogP) is 2.00. The van der Waals surface area contributed by atoms with Crippen molar-refractivity contribution in [3.8, 4) is 18.4 Å². The maximum Gasteiger partial charge on any atom is 0.113 e. The Kier molecular flexibility index (Phi) is 6.14. The van der Waals surface area contributed by atoms with Crippen molar-refractivity contribution in [2.45, 2.75) is 50.3 Å². The van der Waals surface area contributed by atoms with Gasteiger partial charge in [-0.3, -0.25) is 0 Å². The molecule has 3 N–H and O–H groups in total. The SMILES string of the molecule is C#Cc1ccc(Cc2cc([C@@H]3O[C@H](CC#N)[C@@H](O)[C@H](O)[C@H]3O)ccc2C)cc1. The van der Waals surface area contributed by atoms with Crippen molar-refractivity contribution in [1.29, 1.82) is 5.26 Å². The summed E-state index contributed by atoms with van der Waals surface area (Å²) < 4.78 is 5.78. The molecule has 0 aliphatic carbocycles. The van der Waals surface area contributed by atoms with Crippen molar-refractivity contribution in [1.82, 2.24) is 0 Å². The first-order valence-electron chi connectivity index (χ1n) is 9.16. The Morgan fingerprint density at radius 2 is 1.75 bits per heavy atom. The van der Waals surface area contributed by atoms with Crippen LogP contribution in [-0.2, 0) is 11.2 Å². The van der Waals surface area contributed by atoms with Crippen LogP contribution in [0.15, 0.2) is 42.5 Å². The van der Waals surface area contributed by atoms with Gasteiger partial charge in [0.25, 0.3) is 0 Å². The maximum absolute atomic E-state index is 10.4. The van der Waals surface area contributed by atoms with E-state index in [1.165, 1.54) is 0 Å². The minimum Gasteiger partial charge on any atom is -0.388 e. The summed E-state index contributed by atoms with van der Waals surface area (Å²) in [6.07, 6.45) is 0.382. The second kappa shape index (κ2) is 8.56. The van der Waals surface area contributed by atoms with Gasteiger partial charge >= 0.3 is 0 Å². The first-order valence-corrected chi connectivity index (χ1v) is 9.16. The third kappa shape index (κ3) is 4.09. The average Bonchev–Trinajstić information content (AvgIpc) is 2.71. The van der Waals surface area contributed by atoms with Gasteiger partial charge < -0.3 is 20.1 Å². The molecule has 0 bridgehead atoms. The van der Waals surface area contributed by atoms with Crippen LogP contribution >= 0.6 is 0 Å². The van der Waals surface area contributed by atoms with E-state index < -0.39 is 30.5 Å². The lowest BCUT2D eigenvalue weighted by atomic mass is 9.88. The van der Waals surface area contributed by atoms with Crippen LogP contribution in [0.5, 0.6) is 0 Å². The van der Waals surface area contributed by atoms with Gasteiger partial charge in [0.1, 0.15) is 24.4 Å². The number of nitrogens with zero attached hydrogens (tertiary/aromatic N) is 1. The molecule has 0 amide bonds. The van der Waals surface area contributed by atoms with Crippen LogP contribution in [0, 0.1) is 30.6 Å². The highest BCUT2D eigenvalue weighted by molar-refractivity contribution is 5.39. The third-order valence-corrected chi connectivity index (χ3v) is 5.22. The van der Waals surface area contributed by atoms with E-state index in [9.17, 15) is 15.3 Å². The zero-order valence-corrected chi connectivity index (χ0v) is 15.6. The highest BCUT2D eigenvalue weighted by atomic mass is 16.5. The van der Waals surface area contributed by atoms with Crippen molar-refractivity contribution in [2.24, 2.45) is 0 Å². The third-order valence-electron chi connectivity index (χ3n) is 5.22. The fourth-order valence-corrected chi connectivity index (χ4v) is 3.48. The Morgan fingerprint density at radius 1 is 1.04 bits per heavy atom. The number of hydrogen-bond donors (Lipinski definition) is 3.